The van der Waals surface area contributed by atoms with Crippen LogP contribution in [0, 0.1) is 0 Å². The Kier molecular flexibility index (Phi) is 7.03. The van der Waals surface area contributed by atoms with E-state index in [-0.39, 0.29) is 26.8 Å². The second kappa shape index (κ2) is 8.29. The van der Waals surface area contributed by atoms with Crippen molar-refractivity contribution in [3.63, 3.8) is 0 Å². The maximum atomic E-state index is 10.8. The minimum atomic E-state index is -1.11. The van der Waals surface area contributed by atoms with Crippen LogP contribution in [0.5, 0.6) is 0 Å². The van der Waals surface area contributed by atoms with Crippen molar-refractivity contribution >= 4 is 58.2 Å². The van der Waals surface area contributed by atoms with Crippen molar-refractivity contribution in [3.05, 3.63) is 56.0 Å². The number of Topliss-reactive ketones (excluding diaryl/α,β-unsaturated/α-hetero) is 1. The third-order valence-corrected chi connectivity index (χ3v) is 3.24. The molecule has 0 fully saturated rings. The molecule has 0 saturated heterocycles. The Morgan fingerprint density at radius 1 is 0.864 bits per heavy atom. The average molecular weight is 382 g/mol. The molecule has 2 rings (SSSR count). The molecule has 0 radical (unpaired) electrons. The quantitative estimate of drug-likeness (QED) is 0.603. The highest BCUT2D eigenvalue weighted by Crippen LogP contribution is 2.17. The van der Waals surface area contributed by atoms with Crippen LogP contribution in [0.2, 0.25) is 20.6 Å². The average Bonchev–Trinajstić information content (AvgIpc) is 2.38. The highest BCUT2D eigenvalue weighted by molar-refractivity contribution is 6.35. The number of carbonyl (C=O) groups excluding carboxylic acids is 1. The molecule has 0 saturated carbocycles. The Morgan fingerprint density at radius 3 is 1.59 bits per heavy atom. The van der Waals surface area contributed by atoms with Gasteiger partial charge in [-0.05, 0) is 31.2 Å². The topological polar surface area (TPSA) is 80.2 Å². The van der Waals surface area contributed by atoms with Crippen LogP contribution in [0.1, 0.15) is 27.6 Å². The number of carboxylic acids is 1. The summed E-state index contributed by atoms with van der Waals surface area (Å²) in [6.07, 6.45) is 0. The van der Waals surface area contributed by atoms with E-state index in [4.69, 9.17) is 51.5 Å². The lowest BCUT2D eigenvalue weighted by Crippen LogP contribution is -1.98. The number of halogens is 4. The number of rotatable bonds is 2. The molecular weight excluding hydrogens is 374 g/mol. The van der Waals surface area contributed by atoms with E-state index in [1.165, 1.54) is 25.1 Å². The van der Waals surface area contributed by atoms with E-state index < -0.39 is 5.97 Å². The molecule has 5 nitrogen and oxygen atoms in total. The van der Waals surface area contributed by atoms with Crippen LogP contribution < -0.4 is 0 Å². The Labute approximate surface area is 145 Å². The second-order valence-electron chi connectivity index (χ2n) is 3.81. The molecule has 0 amide bonds. The monoisotopic (exact) mass is 380 g/mol. The van der Waals surface area contributed by atoms with Crippen LogP contribution >= 0.6 is 46.4 Å². The zero-order valence-electron chi connectivity index (χ0n) is 11.0. The molecule has 9 heteroatoms. The molecule has 116 valence electrons. The molecule has 2 aromatic heterocycles. The molecule has 0 aliphatic rings. The van der Waals surface area contributed by atoms with Gasteiger partial charge in [-0.25, -0.2) is 14.8 Å². The molecule has 22 heavy (non-hydrogen) atoms. The first-order valence-electron chi connectivity index (χ1n) is 5.60. The molecular formula is C13H8Cl4N2O3. The Hall–Kier alpha value is -1.40. The third-order valence-electron chi connectivity index (χ3n) is 2.24. The predicted molar refractivity (Wildman–Crippen MR) is 85.5 cm³/mol. The number of pyridine rings is 2. The number of aromatic carboxylic acids is 1. The van der Waals surface area contributed by atoms with E-state index >= 15 is 0 Å². The summed E-state index contributed by atoms with van der Waals surface area (Å²) < 4.78 is 0. The molecule has 2 aromatic rings. The summed E-state index contributed by atoms with van der Waals surface area (Å²) in [5.74, 6) is -1.22. The van der Waals surface area contributed by atoms with E-state index in [1.807, 2.05) is 0 Å². The molecule has 0 aliphatic carbocycles. The van der Waals surface area contributed by atoms with Crippen LogP contribution in [0.3, 0.4) is 0 Å². The number of hydrogen-bond donors (Lipinski definition) is 1. The van der Waals surface area contributed by atoms with E-state index in [0.29, 0.717) is 10.7 Å². The van der Waals surface area contributed by atoms with Gasteiger partial charge in [-0.3, -0.25) is 4.79 Å². The predicted octanol–water partition coefficient (Wildman–Crippen LogP) is 4.68. The van der Waals surface area contributed by atoms with E-state index in [0.717, 1.165) is 0 Å². The van der Waals surface area contributed by atoms with Gasteiger partial charge in [0, 0.05) is 0 Å². The highest BCUT2D eigenvalue weighted by Gasteiger charge is 2.09. The van der Waals surface area contributed by atoms with Gasteiger partial charge in [0.2, 0.25) is 0 Å². The van der Waals surface area contributed by atoms with Gasteiger partial charge in [0.05, 0.1) is 11.1 Å². The van der Waals surface area contributed by atoms with E-state index in [9.17, 15) is 9.59 Å². The first kappa shape index (κ1) is 18.6. The van der Waals surface area contributed by atoms with Crippen molar-refractivity contribution in [1.82, 2.24) is 9.97 Å². The number of carboxylic acid groups (broad SMARTS) is 1. The van der Waals surface area contributed by atoms with Gasteiger partial charge >= 0.3 is 5.97 Å². The van der Waals surface area contributed by atoms with Gasteiger partial charge in [-0.2, -0.15) is 0 Å². The van der Waals surface area contributed by atoms with E-state index in [1.54, 1.807) is 6.07 Å². The van der Waals surface area contributed by atoms with Crippen LogP contribution in [0.4, 0.5) is 0 Å². The van der Waals surface area contributed by atoms with Crippen molar-refractivity contribution in [2.24, 2.45) is 0 Å². The number of aromatic nitrogens is 2. The third kappa shape index (κ3) is 5.42. The highest BCUT2D eigenvalue weighted by atomic mass is 35.5. The summed E-state index contributed by atoms with van der Waals surface area (Å²) in [4.78, 5) is 28.4. The summed E-state index contributed by atoms with van der Waals surface area (Å²) in [6.45, 7) is 1.43. The van der Waals surface area contributed by atoms with Gasteiger partial charge < -0.3 is 5.11 Å². The SMILES string of the molecule is CC(=O)c1ccc(Cl)nc1Cl.O=C(O)c1ccc(Cl)nc1Cl. The number of carbonyl (C=O) groups is 2. The first-order valence-corrected chi connectivity index (χ1v) is 7.12. The van der Waals surface area contributed by atoms with Gasteiger partial charge in [-0.15, -0.1) is 0 Å². The minimum absolute atomic E-state index is 0.0453. The molecule has 0 aromatic carbocycles. The molecule has 0 atom stereocenters. The van der Waals surface area contributed by atoms with Crippen molar-refractivity contribution < 1.29 is 14.7 Å². The number of ketones is 1. The largest absolute Gasteiger partial charge is 0.478 e. The molecule has 0 aliphatic heterocycles. The molecule has 0 unspecified atom stereocenters. The summed E-state index contributed by atoms with van der Waals surface area (Å²) in [5.41, 5.74) is 0.354. The van der Waals surface area contributed by atoms with Crippen molar-refractivity contribution in [3.8, 4) is 0 Å². The van der Waals surface area contributed by atoms with Gasteiger partial charge in [0.15, 0.2) is 5.78 Å². The molecule has 1 N–H and O–H groups in total. The maximum absolute atomic E-state index is 10.8. The van der Waals surface area contributed by atoms with Crippen LogP contribution in [-0.4, -0.2) is 26.8 Å². The summed E-state index contributed by atoms with van der Waals surface area (Å²) in [5, 5.41) is 9.03. The Bertz CT molecular complexity index is 661. The van der Waals surface area contributed by atoms with Crippen LogP contribution in [0.15, 0.2) is 24.3 Å². The normalized spacial score (nSPS) is 9.68. The second-order valence-corrected chi connectivity index (χ2v) is 5.30. The zero-order chi connectivity index (χ0) is 16.9. The minimum Gasteiger partial charge on any atom is -0.478 e. The van der Waals surface area contributed by atoms with Crippen molar-refractivity contribution in [2.45, 2.75) is 6.92 Å². The zero-order valence-corrected chi connectivity index (χ0v) is 14.0. The van der Waals surface area contributed by atoms with Crippen molar-refractivity contribution in [2.75, 3.05) is 0 Å². The fourth-order valence-corrected chi connectivity index (χ4v) is 2.15. The lowest BCUT2D eigenvalue weighted by atomic mass is 10.2. The molecule has 0 spiro atoms. The summed E-state index contributed by atoms with van der Waals surface area (Å²) >= 11 is 22.0. The lowest BCUT2D eigenvalue weighted by Gasteiger charge is -1.97. The van der Waals surface area contributed by atoms with Gasteiger partial charge in [0.25, 0.3) is 0 Å². The summed E-state index contributed by atoms with van der Waals surface area (Å²) in [7, 11) is 0. The fourth-order valence-electron chi connectivity index (χ4n) is 1.25. The molecule has 0 bridgehead atoms. The molecule has 2 heterocycles. The van der Waals surface area contributed by atoms with Gasteiger partial charge in [0.1, 0.15) is 20.6 Å². The Balaban J connectivity index is 0.000000220. The summed E-state index contributed by atoms with van der Waals surface area (Å²) in [6, 6.07) is 5.76. The van der Waals surface area contributed by atoms with Crippen molar-refractivity contribution in [1.29, 1.82) is 0 Å². The fraction of sp³-hybridized carbons (Fsp3) is 0.0769. The van der Waals surface area contributed by atoms with Crippen LogP contribution in [0.25, 0.3) is 0 Å². The van der Waals surface area contributed by atoms with E-state index in [2.05, 4.69) is 9.97 Å². The standard InChI is InChI=1S/C7H5Cl2NO.C6H3Cl2NO2/c1-4(11)5-2-3-6(8)10-7(5)9;7-4-2-1-3(6(10)11)5(8)9-4/h2-3H,1H3;1-2H,(H,10,11). The lowest BCUT2D eigenvalue weighted by molar-refractivity contribution is 0.0696. The van der Waals surface area contributed by atoms with Gasteiger partial charge in [-0.1, -0.05) is 46.4 Å². The Morgan fingerprint density at radius 2 is 1.27 bits per heavy atom. The number of nitrogens with zero attached hydrogens (tertiary/aromatic N) is 2. The maximum Gasteiger partial charge on any atom is 0.338 e. The smallest absolute Gasteiger partial charge is 0.338 e. The number of hydrogen-bond acceptors (Lipinski definition) is 4. The first-order chi connectivity index (χ1) is 10.2. The van der Waals surface area contributed by atoms with Crippen LogP contribution in [-0.2, 0) is 0 Å².